The molecule has 0 bridgehead atoms. The van der Waals surface area contributed by atoms with Crippen LogP contribution in [-0.4, -0.2) is 37.2 Å². The summed E-state index contributed by atoms with van der Waals surface area (Å²) >= 11 is 0. The molecule has 6 heteroatoms. The molecule has 0 saturated carbocycles. The van der Waals surface area contributed by atoms with Crippen LogP contribution in [0.1, 0.15) is 329 Å². The third kappa shape index (κ3) is 53.0. The molecule has 0 fully saturated rings. The Kier molecular flexibility index (Phi) is 53.2. The van der Waals surface area contributed by atoms with E-state index >= 15 is 0 Å². The summed E-state index contributed by atoms with van der Waals surface area (Å²) in [5.41, 5.74) is 0. The minimum atomic E-state index is -0.765. The van der Waals surface area contributed by atoms with Crippen LogP contribution >= 0.6 is 0 Å². The highest BCUT2D eigenvalue weighted by atomic mass is 16.6. The first-order chi connectivity index (χ1) is 32.0. The Balaban J connectivity index is 4.27. The number of carbonyl (C=O) groups is 3. The largest absolute Gasteiger partial charge is 0.462 e. The van der Waals surface area contributed by atoms with Gasteiger partial charge in [0, 0.05) is 19.3 Å². The molecular weight excluding hydrogens is 805 g/mol. The summed E-state index contributed by atoms with van der Waals surface area (Å²) in [5, 5.41) is 0. The van der Waals surface area contributed by atoms with Gasteiger partial charge in [-0.3, -0.25) is 14.4 Å². The number of unbranched alkanes of at least 4 members (excludes halogenated alkanes) is 41. The topological polar surface area (TPSA) is 78.9 Å². The maximum Gasteiger partial charge on any atom is 0.306 e. The Morgan fingerprint density at radius 1 is 0.292 bits per heavy atom. The lowest BCUT2D eigenvalue weighted by Gasteiger charge is -2.18. The Labute approximate surface area is 405 Å². The van der Waals surface area contributed by atoms with Gasteiger partial charge in [0.15, 0.2) is 6.10 Å². The fourth-order valence-electron chi connectivity index (χ4n) is 8.85. The zero-order valence-electron chi connectivity index (χ0n) is 44.0. The van der Waals surface area contributed by atoms with Gasteiger partial charge in [-0.25, -0.2) is 0 Å². The first kappa shape index (κ1) is 63.1. The first-order valence-electron chi connectivity index (χ1n) is 29.2. The van der Waals surface area contributed by atoms with Gasteiger partial charge < -0.3 is 14.2 Å². The van der Waals surface area contributed by atoms with E-state index in [9.17, 15) is 14.4 Å². The lowest BCUT2D eigenvalue weighted by atomic mass is 10.0. The molecule has 0 unspecified atom stereocenters. The number of allylic oxidation sites excluding steroid dienone is 2. The van der Waals surface area contributed by atoms with Crippen molar-refractivity contribution in [3.8, 4) is 0 Å². The van der Waals surface area contributed by atoms with Gasteiger partial charge in [0.25, 0.3) is 0 Å². The smallest absolute Gasteiger partial charge is 0.306 e. The number of esters is 3. The summed E-state index contributed by atoms with van der Waals surface area (Å²) in [7, 11) is 0. The van der Waals surface area contributed by atoms with Crippen LogP contribution in [-0.2, 0) is 28.6 Å². The Morgan fingerprint density at radius 3 is 0.769 bits per heavy atom. The first-order valence-corrected chi connectivity index (χ1v) is 29.2. The van der Waals surface area contributed by atoms with Crippen LogP contribution in [0.3, 0.4) is 0 Å². The molecule has 0 radical (unpaired) electrons. The second-order valence-corrected chi connectivity index (χ2v) is 19.9. The van der Waals surface area contributed by atoms with Gasteiger partial charge >= 0.3 is 17.9 Å². The van der Waals surface area contributed by atoms with Gasteiger partial charge in [0.1, 0.15) is 13.2 Å². The van der Waals surface area contributed by atoms with Gasteiger partial charge in [-0.15, -0.1) is 0 Å². The van der Waals surface area contributed by atoms with Crippen molar-refractivity contribution in [1.82, 2.24) is 0 Å². The minimum Gasteiger partial charge on any atom is -0.462 e. The van der Waals surface area contributed by atoms with Gasteiger partial charge in [0.2, 0.25) is 0 Å². The van der Waals surface area contributed by atoms with E-state index in [0.29, 0.717) is 19.3 Å². The van der Waals surface area contributed by atoms with Crippen molar-refractivity contribution in [1.29, 1.82) is 0 Å². The van der Waals surface area contributed by atoms with Crippen molar-refractivity contribution in [2.45, 2.75) is 335 Å². The molecule has 0 aromatic rings. The van der Waals surface area contributed by atoms with E-state index in [1.54, 1.807) is 0 Å². The monoisotopic (exact) mass is 917 g/mol. The highest BCUT2D eigenvalue weighted by Gasteiger charge is 2.19. The molecule has 384 valence electrons. The summed E-state index contributed by atoms with van der Waals surface area (Å²) < 4.78 is 16.9. The highest BCUT2D eigenvalue weighted by molar-refractivity contribution is 5.71. The average molecular weight is 918 g/mol. The lowest BCUT2D eigenvalue weighted by molar-refractivity contribution is -0.167. The molecule has 65 heavy (non-hydrogen) atoms. The van der Waals surface area contributed by atoms with E-state index in [1.165, 1.54) is 231 Å². The standard InChI is InChI=1S/C59H112O6/c1-4-7-10-13-16-19-22-24-26-28-29-31-33-35-38-41-44-47-50-53-59(62)65-56(54-63-57(60)51-48-45-42-39-36-21-18-15-12-9-6-3)55-64-58(61)52-49-46-43-40-37-34-32-30-27-25-23-20-17-14-11-8-5-2/h25,27,56H,4-24,26,28-55H2,1-3H3/b27-25-/t56-/m0/s1. The molecule has 0 aliphatic carbocycles. The van der Waals surface area contributed by atoms with E-state index in [0.717, 1.165) is 57.8 Å². The second-order valence-electron chi connectivity index (χ2n) is 19.9. The second kappa shape index (κ2) is 54.8. The Bertz CT molecular complexity index is 1010. The predicted molar refractivity (Wildman–Crippen MR) is 280 cm³/mol. The molecule has 0 N–H and O–H groups in total. The normalized spacial score (nSPS) is 12.0. The number of rotatable bonds is 54. The highest BCUT2D eigenvalue weighted by Crippen LogP contribution is 2.17. The quantitative estimate of drug-likeness (QED) is 0.0262. The lowest BCUT2D eigenvalue weighted by Crippen LogP contribution is -2.30. The zero-order valence-corrected chi connectivity index (χ0v) is 44.0. The van der Waals surface area contributed by atoms with Crippen molar-refractivity contribution in [2.75, 3.05) is 13.2 Å². The molecule has 6 nitrogen and oxygen atoms in total. The number of ether oxygens (including phenoxy) is 3. The summed E-state index contributed by atoms with van der Waals surface area (Å²) in [6, 6.07) is 0. The van der Waals surface area contributed by atoms with Crippen LogP contribution in [0.25, 0.3) is 0 Å². The van der Waals surface area contributed by atoms with Gasteiger partial charge in [0.05, 0.1) is 0 Å². The van der Waals surface area contributed by atoms with Crippen LogP contribution in [0.4, 0.5) is 0 Å². The van der Waals surface area contributed by atoms with E-state index in [2.05, 4.69) is 32.9 Å². The molecule has 0 aromatic heterocycles. The maximum absolute atomic E-state index is 12.8. The van der Waals surface area contributed by atoms with E-state index in [1.807, 2.05) is 0 Å². The van der Waals surface area contributed by atoms with Crippen molar-refractivity contribution in [3.05, 3.63) is 12.2 Å². The third-order valence-electron chi connectivity index (χ3n) is 13.3. The average Bonchev–Trinajstić information content (AvgIpc) is 3.30. The van der Waals surface area contributed by atoms with Crippen LogP contribution in [0, 0.1) is 0 Å². The molecule has 0 aromatic carbocycles. The fraction of sp³-hybridized carbons (Fsp3) is 0.915. The fourth-order valence-corrected chi connectivity index (χ4v) is 8.85. The molecule has 0 amide bonds. The number of hydrogen-bond donors (Lipinski definition) is 0. The predicted octanol–water partition coefficient (Wildman–Crippen LogP) is 19.3. The third-order valence-corrected chi connectivity index (χ3v) is 13.3. The SMILES string of the molecule is CCCCCCCC/C=C\CCCCCCCCCC(=O)OC[C@H](COC(=O)CCCCCCCCCCCCC)OC(=O)CCCCCCCCCCCCCCCCCCCCC. The molecule has 0 aliphatic heterocycles. The molecule has 1 atom stereocenters. The molecule has 0 saturated heterocycles. The van der Waals surface area contributed by atoms with Crippen molar-refractivity contribution in [3.63, 3.8) is 0 Å². The summed E-state index contributed by atoms with van der Waals surface area (Å²) in [4.78, 5) is 38.1. The van der Waals surface area contributed by atoms with Gasteiger partial charge in [-0.1, -0.05) is 277 Å². The summed E-state index contributed by atoms with van der Waals surface area (Å²) in [6.45, 7) is 6.68. The van der Waals surface area contributed by atoms with Crippen LogP contribution < -0.4 is 0 Å². The van der Waals surface area contributed by atoms with E-state index in [4.69, 9.17) is 14.2 Å². The molecule has 0 aliphatic rings. The Morgan fingerprint density at radius 2 is 0.508 bits per heavy atom. The van der Waals surface area contributed by atoms with E-state index in [-0.39, 0.29) is 31.1 Å². The van der Waals surface area contributed by atoms with Crippen molar-refractivity contribution in [2.24, 2.45) is 0 Å². The maximum atomic E-state index is 12.8. The minimum absolute atomic E-state index is 0.0655. The summed E-state index contributed by atoms with van der Waals surface area (Å²) in [6.07, 6.45) is 62.0. The van der Waals surface area contributed by atoms with E-state index < -0.39 is 6.10 Å². The Hall–Kier alpha value is -1.85. The van der Waals surface area contributed by atoms with Crippen molar-refractivity contribution >= 4 is 17.9 Å². The van der Waals surface area contributed by atoms with Crippen molar-refractivity contribution < 1.29 is 28.6 Å². The van der Waals surface area contributed by atoms with Crippen LogP contribution in [0.15, 0.2) is 12.2 Å². The molecule has 0 rings (SSSR count). The van der Waals surface area contributed by atoms with Crippen LogP contribution in [0.2, 0.25) is 0 Å². The summed E-state index contributed by atoms with van der Waals surface area (Å²) in [5.74, 6) is -0.847. The molecule has 0 spiro atoms. The zero-order chi connectivity index (χ0) is 47.2. The number of hydrogen-bond acceptors (Lipinski definition) is 6. The van der Waals surface area contributed by atoms with Gasteiger partial charge in [-0.2, -0.15) is 0 Å². The number of carbonyl (C=O) groups excluding carboxylic acids is 3. The molecular formula is C59H112O6. The van der Waals surface area contributed by atoms with Crippen LogP contribution in [0.5, 0.6) is 0 Å². The molecule has 0 heterocycles. The van der Waals surface area contributed by atoms with Gasteiger partial charge in [-0.05, 0) is 44.9 Å².